The summed E-state index contributed by atoms with van der Waals surface area (Å²) in [6, 6.07) is 22.6. The molecule has 0 aliphatic rings. The number of nitrogens with zero attached hydrogens (tertiary/aromatic N) is 8. The van der Waals surface area contributed by atoms with Crippen molar-refractivity contribution < 1.29 is 25.9 Å². The largest absolute Gasteiger partial charge is 0.397 e. The molecule has 0 spiro atoms. The van der Waals surface area contributed by atoms with Crippen molar-refractivity contribution in [2.24, 2.45) is 40.9 Å². The fourth-order valence-corrected chi connectivity index (χ4v) is 4.96. The Balaban J connectivity index is 0.00000364. The van der Waals surface area contributed by atoms with Crippen LogP contribution >= 0.6 is 0 Å². The van der Waals surface area contributed by atoms with Crippen molar-refractivity contribution >= 4 is 148 Å². The topological polar surface area (TPSA) is 312 Å². The maximum Gasteiger partial charge on any atom is 0.294 e. The van der Waals surface area contributed by atoms with Crippen molar-refractivity contribution in [1.82, 2.24) is 0 Å². The van der Waals surface area contributed by atoms with Crippen LogP contribution in [0.25, 0.3) is 0 Å². The number of nitrogens with two attached hydrogens (primary N) is 4. The van der Waals surface area contributed by atoms with E-state index < -0.39 is 20.2 Å². The van der Waals surface area contributed by atoms with Crippen LogP contribution in [0.4, 0.5) is 68.2 Å². The first-order valence-corrected chi connectivity index (χ1v) is 16.8. The number of rotatable bonds is 10. The molecule has 5 aromatic rings. The molecule has 0 atom stereocenters. The molecule has 0 aromatic heterocycles. The Morgan fingerprint density at radius 2 is 0.673 bits per heavy atom. The van der Waals surface area contributed by atoms with Crippen LogP contribution in [0.5, 0.6) is 0 Å². The van der Waals surface area contributed by atoms with E-state index in [4.69, 9.17) is 32.0 Å². The Hall–Kier alpha value is -4.48. The number of nitrogen functional groups attached to an aromatic ring is 4. The molecular formula is C30H26N12Na2O6S2. The van der Waals surface area contributed by atoms with E-state index in [1.165, 1.54) is 72.8 Å². The van der Waals surface area contributed by atoms with Crippen molar-refractivity contribution in [2.45, 2.75) is 9.79 Å². The van der Waals surface area contributed by atoms with E-state index in [0.29, 0.717) is 22.7 Å². The quantitative estimate of drug-likeness (QED) is 0.0354. The minimum atomic E-state index is -4.34. The zero-order valence-corrected chi connectivity index (χ0v) is 33.1. The first-order chi connectivity index (χ1) is 23.7. The van der Waals surface area contributed by atoms with Gasteiger partial charge >= 0.3 is 0 Å². The monoisotopic (exact) mass is 760 g/mol. The molecule has 5 rings (SSSR count). The molecule has 0 saturated carbocycles. The van der Waals surface area contributed by atoms with Gasteiger partial charge in [0.05, 0.1) is 55.3 Å². The van der Waals surface area contributed by atoms with E-state index in [1.54, 1.807) is 24.3 Å². The van der Waals surface area contributed by atoms with Gasteiger partial charge in [0.2, 0.25) is 0 Å². The normalized spacial score (nSPS) is 12.0. The van der Waals surface area contributed by atoms with Gasteiger partial charge in [0.25, 0.3) is 20.2 Å². The van der Waals surface area contributed by atoms with Crippen LogP contribution in [-0.4, -0.2) is 85.1 Å². The molecule has 0 bridgehead atoms. The molecule has 0 heterocycles. The van der Waals surface area contributed by atoms with Crippen LogP contribution < -0.4 is 22.9 Å². The van der Waals surface area contributed by atoms with Crippen molar-refractivity contribution in [3.8, 4) is 0 Å². The summed E-state index contributed by atoms with van der Waals surface area (Å²) in [5.41, 5.74) is 27.5. The minimum absolute atomic E-state index is 0. The Labute approximate surface area is 341 Å². The third-order valence-corrected chi connectivity index (χ3v) is 8.28. The SMILES string of the molecule is Nc1cc(N)c(N=Nc2cccc(N=Nc3cc(N=Nc4ccc(S(=O)(=O)O)cc4)c(N)cc3N)c2)cc1N=Nc1ccc(S(=O)(=O)O)cc1.[Na].[Na]. The summed E-state index contributed by atoms with van der Waals surface area (Å²) < 4.78 is 63.2. The Kier molecular flexibility index (Phi) is 14.4. The number of hydrogen-bond donors (Lipinski definition) is 6. The maximum atomic E-state index is 11.2. The third-order valence-electron chi connectivity index (χ3n) is 6.54. The standard InChI is InChI=1S/C30H26N12O6S2.2Na/c31-23-13-25(33)29(15-27(23)39-35-17-4-8-21(9-5-17)49(43,44)45)41-37-19-2-1-3-20(12-19)38-42-30-16-28(24(32)14-26(30)34)40-36-18-6-10-22(11-7-18)50(46,47)48;;/h1-16H,31-34H2,(H,43,44,45)(H,46,47,48);;. The molecule has 10 N–H and O–H groups in total. The Morgan fingerprint density at radius 3 is 0.962 bits per heavy atom. The molecule has 0 aliphatic heterocycles. The first-order valence-electron chi connectivity index (χ1n) is 14.0. The van der Waals surface area contributed by atoms with Crippen LogP contribution in [0.15, 0.2) is 148 Å². The van der Waals surface area contributed by atoms with Gasteiger partial charge in [-0.15, -0.1) is 20.5 Å². The third kappa shape index (κ3) is 11.3. The van der Waals surface area contributed by atoms with E-state index in [1.807, 2.05) is 0 Å². The molecule has 256 valence electrons. The van der Waals surface area contributed by atoms with Crippen LogP contribution in [0.1, 0.15) is 0 Å². The molecule has 0 unspecified atom stereocenters. The van der Waals surface area contributed by atoms with E-state index in [-0.39, 0.29) is 114 Å². The Bertz CT molecular complexity index is 2260. The summed E-state index contributed by atoms with van der Waals surface area (Å²) in [6.45, 7) is 0. The number of benzene rings is 5. The van der Waals surface area contributed by atoms with Gasteiger partial charge in [0, 0.05) is 59.1 Å². The molecule has 22 heteroatoms. The summed E-state index contributed by atoms with van der Waals surface area (Å²) in [7, 11) is -8.69. The van der Waals surface area contributed by atoms with Crippen LogP contribution in [0, 0.1) is 0 Å². The van der Waals surface area contributed by atoms with Gasteiger partial charge < -0.3 is 22.9 Å². The summed E-state index contributed by atoms with van der Waals surface area (Å²) >= 11 is 0. The molecule has 0 fully saturated rings. The van der Waals surface area contributed by atoms with Gasteiger partial charge in [-0.1, -0.05) is 6.07 Å². The van der Waals surface area contributed by atoms with Crippen LogP contribution in [-0.2, 0) is 20.2 Å². The second-order valence-corrected chi connectivity index (χ2v) is 13.0. The number of azo groups is 4. The zero-order chi connectivity index (χ0) is 36.1. The summed E-state index contributed by atoms with van der Waals surface area (Å²) in [5.74, 6) is 0. The molecule has 2 radical (unpaired) electrons. The van der Waals surface area contributed by atoms with E-state index in [0.717, 1.165) is 0 Å². The molecular weight excluding hydrogens is 735 g/mol. The summed E-state index contributed by atoms with van der Waals surface area (Å²) in [5, 5.41) is 33.1. The minimum Gasteiger partial charge on any atom is -0.397 e. The molecule has 52 heavy (non-hydrogen) atoms. The zero-order valence-electron chi connectivity index (χ0n) is 27.5. The molecule has 18 nitrogen and oxygen atoms in total. The summed E-state index contributed by atoms with van der Waals surface area (Å²) in [4.78, 5) is -0.571. The molecule has 5 aromatic carbocycles. The smallest absolute Gasteiger partial charge is 0.294 e. The second-order valence-electron chi connectivity index (χ2n) is 10.2. The van der Waals surface area contributed by atoms with Gasteiger partial charge in [0.15, 0.2) is 0 Å². The average Bonchev–Trinajstić information content (AvgIpc) is 3.06. The van der Waals surface area contributed by atoms with Crippen LogP contribution in [0.3, 0.4) is 0 Å². The molecule has 0 aliphatic carbocycles. The van der Waals surface area contributed by atoms with Gasteiger partial charge in [-0.2, -0.15) is 37.3 Å². The summed E-state index contributed by atoms with van der Waals surface area (Å²) in [6.07, 6.45) is 0. The van der Waals surface area contributed by atoms with E-state index >= 15 is 0 Å². The van der Waals surface area contributed by atoms with E-state index in [9.17, 15) is 16.8 Å². The maximum absolute atomic E-state index is 11.2. The van der Waals surface area contributed by atoms with Gasteiger partial charge in [-0.25, -0.2) is 0 Å². The fourth-order valence-electron chi connectivity index (χ4n) is 4.00. The van der Waals surface area contributed by atoms with Crippen molar-refractivity contribution in [2.75, 3.05) is 22.9 Å². The van der Waals surface area contributed by atoms with Gasteiger partial charge in [-0.05, 0) is 91.0 Å². The van der Waals surface area contributed by atoms with Crippen molar-refractivity contribution in [3.63, 3.8) is 0 Å². The first kappa shape index (κ1) is 41.9. The predicted octanol–water partition coefficient (Wildman–Crippen LogP) is 7.41. The van der Waals surface area contributed by atoms with Gasteiger partial charge in [-0.3, -0.25) is 9.11 Å². The van der Waals surface area contributed by atoms with Gasteiger partial charge in [0.1, 0.15) is 22.7 Å². The van der Waals surface area contributed by atoms with Crippen molar-refractivity contribution in [1.29, 1.82) is 0 Å². The molecule has 0 saturated heterocycles. The average molecular weight is 761 g/mol. The fraction of sp³-hybridized carbons (Fsp3) is 0. The number of anilines is 4. The van der Waals surface area contributed by atoms with E-state index in [2.05, 4.69) is 40.9 Å². The predicted molar refractivity (Wildman–Crippen MR) is 198 cm³/mol. The number of hydrogen-bond acceptors (Lipinski definition) is 16. The van der Waals surface area contributed by atoms with Crippen molar-refractivity contribution in [3.05, 3.63) is 97.1 Å². The Morgan fingerprint density at radius 1 is 0.385 bits per heavy atom. The van der Waals surface area contributed by atoms with Crippen LogP contribution in [0.2, 0.25) is 0 Å². The second kappa shape index (κ2) is 17.8. The molecule has 0 amide bonds.